The van der Waals surface area contributed by atoms with Gasteiger partial charge in [0, 0.05) is 17.1 Å². The minimum atomic E-state index is 0.148. The van der Waals surface area contributed by atoms with Crippen LogP contribution in [0.5, 0.6) is 0 Å². The van der Waals surface area contributed by atoms with E-state index in [0.717, 1.165) is 17.5 Å². The molecule has 0 heterocycles. The number of carbonyl (C=O) groups is 1. The standard InChI is InChI=1S/C15H18ClNO/c16-13-3-5-14(6-4-13)17-15(18)9-12-8-10-1-2-11(12)7-10/h3-6,10-12H,1-2,7-9H2,(H,17,18). The Kier molecular flexibility index (Phi) is 3.29. The maximum Gasteiger partial charge on any atom is 0.224 e. The molecule has 2 aliphatic rings. The Morgan fingerprint density at radius 1 is 1.22 bits per heavy atom. The number of hydrogen-bond acceptors (Lipinski definition) is 1. The molecular formula is C15H18ClNO. The van der Waals surface area contributed by atoms with E-state index < -0.39 is 0 Å². The van der Waals surface area contributed by atoms with Crippen LogP contribution in [-0.2, 0) is 4.79 Å². The largest absolute Gasteiger partial charge is 0.326 e. The van der Waals surface area contributed by atoms with Crippen LogP contribution in [0.4, 0.5) is 5.69 Å². The maximum atomic E-state index is 12.0. The molecule has 18 heavy (non-hydrogen) atoms. The second-order valence-corrected chi connectivity index (χ2v) is 6.13. The van der Waals surface area contributed by atoms with Crippen molar-refractivity contribution in [3.8, 4) is 0 Å². The minimum absolute atomic E-state index is 0.148. The van der Waals surface area contributed by atoms with Crippen LogP contribution in [0.15, 0.2) is 24.3 Å². The molecule has 2 nitrogen and oxygen atoms in total. The summed E-state index contributed by atoms with van der Waals surface area (Å²) in [5.41, 5.74) is 0.840. The van der Waals surface area contributed by atoms with Gasteiger partial charge in [0.25, 0.3) is 0 Å². The average Bonchev–Trinajstić information content (AvgIpc) is 2.94. The highest BCUT2D eigenvalue weighted by molar-refractivity contribution is 6.30. The lowest BCUT2D eigenvalue weighted by molar-refractivity contribution is -0.117. The molecule has 1 aromatic rings. The van der Waals surface area contributed by atoms with Gasteiger partial charge in [0.1, 0.15) is 0 Å². The molecule has 3 atom stereocenters. The summed E-state index contributed by atoms with van der Waals surface area (Å²) in [6.07, 6.45) is 6.03. The van der Waals surface area contributed by atoms with Crippen molar-refractivity contribution >= 4 is 23.2 Å². The third-order valence-electron chi connectivity index (χ3n) is 4.46. The van der Waals surface area contributed by atoms with Gasteiger partial charge in [0.15, 0.2) is 0 Å². The van der Waals surface area contributed by atoms with Gasteiger partial charge in [-0.25, -0.2) is 0 Å². The van der Waals surface area contributed by atoms with Crippen molar-refractivity contribution in [1.29, 1.82) is 0 Å². The van der Waals surface area contributed by atoms with E-state index in [4.69, 9.17) is 11.6 Å². The van der Waals surface area contributed by atoms with E-state index in [1.54, 1.807) is 12.1 Å². The SMILES string of the molecule is O=C(CC1CC2CCC1C2)Nc1ccc(Cl)cc1. The van der Waals surface area contributed by atoms with Crippen LogP contribution in [0.1, 0.15) is 32.1 Å². The molecule has 2 fully saturated rings. The van der Waals surface area contributed by atoms with Crippen LogP contribution < -0.4 is 5.32 Å². The quantitative estimate of drug-likeness (QED) is 0.874. The molecule has 3 heteroatoms. The van der Waals surface area contributed by atoms with Crippen LogP contribution in [0.3, 0.4) is 0 Å². The van der Waals surface area contributed by atoms with E-state index in [1.165, 1.54) is 25.7 Å². The first-order chi connectivity index (χ1) is 8.70. The molecule has 0 saturated heterocycles. The van der Waals surface area contributed by atoms with Gasteiger partial charge < -0.3 is 5.32 Å². The Balaban J connectivity index is 1.54. The van der Waals surface area contributed by atoms with Crippen LogP contribution in [-0.4, -0.2) is 5.91 Å². The summed E-state index contributed by atoms with van der Waals surface area (Å²) in [5, 5.41) is 3.65. The molecule has 96 valence electrons. The van der Waals surface area contributed by atoms with Gasteiger partial charge in [-0.15, -0.1) is 0 Å². The molecule has 2 aliphatic carbocycles. The normalized spacial score (nSPS) is 29.5. The second kappa shape index (κ2) is 4.93. The van der Waals surface area contributed by atoms with Crippen LogP contribution in [0.25, 0.3) is 0 Å². The molecule has 1 amide bonds. The van der Waals surface area contributed by atoms with E-state index in [0.29, 0.717) is 17.4 Å². The first-order valence-electron chi connectivity index (χ1n) is 6.76. The maximum absolute atomic E-state index is 12.0. The van der Waals surface area contributed by atoms with Crippen molar-refractivity contribution in [2.45, 2.75) is 32.1 Å². The Morgan fingerprint density at radius 2 is 2.00 bits per heavy atom. The number of anilines is 1. The Labute approximate surface area is 113 Å². The summed E-state index contributed by atoms with van der Waals surface area (Å²) in [5.74, 6) is 2.49. The second-order valence-electron chi connectivity index (χ2n) is 5.69. The van der Waals surface area contributed by atoms with Gasteiger partial charge in [-0.05, 0) is 61.3 Å². The summed E-state index contributed by atoms with van der Waals surface area (Å²) >= 11 is 5.82. The lowest BCUT2D eigenvalue weighted by atomic mass is 9.86. The van der Waals surface area contributed by atoms with Crippen molar-refractivity contribution in [3.05, 3.63) is 29.3 Å². The first-order valence-corrected chi connectivity index (χ1v) is 7.14. The van der Waals surface area contributed by atoms with Crippen molar-refractivity contribution in [2.24, 2.45) is 17.8 Å². The molecule has 2 bridgehead atoms. The van der Waals surface area contributed by atoms with Gasteiger partial charge in [0.2, 0.25) is 5.91 Å². The summed E-state index contributed by atoms with van der Waals surface area (Å²) in [4.78, 5) is 12.0. The number of amides is 1. The van der Waals surface area contributed by atoms with Gasteiger partial charge >= 0.3 is 0 Å². The molecule has 0 spiro atoms. The summed E-state index contributed by atoms with van der Waals surface area (Å²) in [6.45, 7) is 0. The highest BCUT2D eigenvalue weighted by atomic mass is 35.5. The Morgan fingerprint density at radius 3 is 2.61 bits per heavy atom. The van der Waals surface area contributed by atoms with E-state index in [-0.39, 0.29) is 5.91 Å². The van der Waals surface area contributed by atoms with Crippen molar-refractivity contribution in [1.82, 2.24) is 0 Å². The molecule has 1 aromatic carbocycles. The third-order valence-corrected chi connectivity index (χ3v) is 4.71. The van der Waals surface area contributed by atoms with Crippen LogP contribution in [0, 0.1) is 17.8 Å². The molecule has 2 saturated carbocycles. The predicted molar refractivity (Wildman–Crippen MR) is 73.6 cm³/mol. The minimum Gasteiger partial charge on any atom is -0.326 e. The Hall–Kier alpha value is -1.02. The zero-order valence-electron chi connectivity index (χ0n) is 10.4. The van der Waals surface area contributed by atoms with E-state index >= 15 is 0 Å². The smallest absolute Gasteiger partial charge is 0.224 e. The number of rotatable bonds is 3. The number of carbonyl (C=O) groups excluding carboxylic acids is 1. The molecule has 0 aliphatic heterocycles. The molecule has 3 rings (SSSR count). The van der Waals surface area contributed by atoms with Gasteiger partial charge in [-0.1, -0.05) is 18.0 Å². The van der Waals surface area contributed by atoms with Gasteiger partial charge in [-0.2, -0.15) is 0 Å². The molecular weight excluding hydrogens is 246 g/mol. The number of hydrogen-bond donors (Lipinski definition) is 1. The monoisotopic (exact) mass is 263 g/mol. The summed E-state index contributed by atoms with van der Waals surface area (Å²) in [7, 11) is 0. The van der Waals surface area contributed by atoms with Gasteiger partial charge in [-0.3, -0.25) is 4.79 Å². The van der Waals surface area contributed by atoms with Crippen LogP contribution in [0.2, 0.25) is 5.02 Å². The van der Waals surface area contributed by atoms with E-state index in [2.05, 4.69) is 5.32 Å². The molecule has 0 radical (unpaired) electrons. The van der Waals surface area contributed by atoms with Crippen molar-refractivity contribution in [3.63, 3.8) is 0 Å². The lowest BCUT2D eigenvalue weighted by Gasteiger charge is -2.20. The fourth-order valence-corrected chi connectivity index (χ4v) is 3.74. The first kappa shape index (κ1) is 12.0. The topological polar surface area (TPSA) is 29.1 Å². The van der Waals surface area contributed by atoms with E-state index in [9.17, 15) is 4.79 Å². The fourth-order valence-electron chi connectivity index (χ4n) is 3.61. The zero-order valence-corrected chi connectivity index (χ0v) is 11.1. The van der Waals surface area contributed by atoms with Gasteiger partial charge in [0.05, 0.1) is 0 Å². The number of benzene rings is 1. The van der Waals surface area contributed by atoms with Crippen LogP contribution >= 0.6 is 11.6 Å². The van der Waals surface area contributed by atoms with Crippen molar-refractivity contribution < 1.29 is 4.79 Å². The molecule has 3 unspecified atom stereocenters. The molecule has 0 aromatic heterocycles. The number of nitrogens with one attached hydrogen (secondary N) is 1. The summed E-state index contributed by atoms with van der Waals surface area (Å²) < 4.78 is 0. The summed E-state index contributed by atoms with van der Waals surface area (Å²) in [6, 6.07) is 7.30. The number of fused-ring (bicyclic) bond motifs is 2. The lowest BCUT2D eigenvalue weighted by Crippen LogP contribution is -2.20. The third kappa shape index (κ3) is 2.54. The average molecular weight is 264 g/mol. The molecule has 1 N–H and O–H groups in total. The predicted octanol–water partition coefficient (Wildman–Crippen LogP) is 4.10. The highest BCUT2D eigenvalue weighted by Crippen LogP contribution is 2.49. The fraction of sp³-hybridized carbons (Fsp3) is 0.533. The van der Waals surface area contributed by atoms with Crippen molar-refractivity contribution in [2.75, 3.05) is 5.32 Å². The number of halogens is 1. The van der Waals surface area contributed by atoms with E-state index in [1.807, 2.05) is 12.1 Å². The Bertz CT molecular complexity index is 442. The zero-order chi connectivity index (χ0) is 12.5. The highest BCUT2D eigenvalue weighted by Gasteiger charge is 2.40.